The van der Waals surface area contributed by atoms with Gasteiger partial charge in [0.05, 0.1) is 0 Å². The Bertz CT molecular complexity index is 430. The van der Waals surface area contributed by atoms with E-state index in [2.05, 4.69) is 6.92 Å². The smallest absolute Gasteiger partial charge is 0.303 e. The van der Waals surface area contributed by atoms with Gasteiger partial charge in [-0.2, -0.15) is 0 Å². The average Bonchev–Trinajstić information content (AvgIpc) is 2.55. The zero-order valence-electron chi connectivity index (χ0n) is 17.1. The van der Waals surface area contributed by atoms with Crippen molar-refractivity contribution in [1.82, 2.24) is 0 Å². The van der Waals surface area contributed by atoms with Gasteiger partial charge in [-0.15, -0.1) is 0 Å². The van der Waals surface area contributed by atoms with Crippen LogP contribution in [-0.2, 0) is 4.79 Å². The van der Waals surface area contributed by atoms with E-state index in [1.807, 2.05) is 0 Å². The van der Waals surface area contributed by atoms with E-state index < -0.39 is 5.97 Å². The first-order valence-corrected chi connectivity index (χ1v) is 11.9. The summed E-state index contributed by atoms with van der Waals surface area (Å²) in [7, 11) is 0. The summed E-state index contributed by atoms with van der Waals surface area (Å²) < 4.78 is 0. The van der Waals surface area contributed by atoms with E-state index in [0.717, 1.165) is 48.3 Å². The minimum atomic E-state index is -0.640. The molecular formula is C24H42O2. The molecule has 3 fully saturated rings. The van der Waals surface area contributed by atoms with Crippen molar-refractivity contribution in [2.75, 3.05) is 0 Å². The summed E-state index contributed by atoms with van der Waals surface area (Å²) in [5, 5.41) is 8.66. The van der Waals surface area contributed by atoms with E-state index in [0.29, 0.717) is 6.42 Å². The summed E-state index contributed by atoms with van der Waals surface area (Å²) in [6.07, 6.45) is 21.3. The minimum absolute atomic E-state index is 0.354. The molecule has 0 aromatic heterocycles. The summed E-state index contributed by atoms with van der Waals surface area (Å²) in [6, 6.07) is 0. The lowest BCUT2D eigenvalue weighted by Crippen LogP contribution is -2.37. The highest BCUT2D eigenvalue weighted by molar-refractivity contribution is 5.66. The molecular weight excluding hydrogens is 320 g/mol. The number of hydrogen-bond donors (Lipinski definition) is 1. The van der Waals surface area contributed by atoms with E-state index in [4.69, 9.17) is 5.11 Å². The third-order valence-electron chi connectivity index (χ3n) is 8.43. The van der Waals surface area contributed by atoms with Gasteiger partial charge in [-0.05, 0) is 93.3 Å². The summed E-state index contributed by atoms with van der Waals surface area (Å²) in [5.74, 6) is 5.77. The monoisotopic (exact) mass is 362 g/mol. The fraction of sp³-hybridized carbons (Fsp3) is 0.958. The number of unbranched alkanes of at least 4 members (excludes halogenated alkanes) is 4. The minimum Gasteiger partial charge on any atom is -0.481 e. The SMILES string of the molecule is CC[C@@H]1CCC1C[C@@H]1CCC1C[C@H]1CCC1CCCCCCCC(=O)O. The van der Waals surface area contributed by atoms with Crippen LogP contribution in [0.15, 0.2) is 0 Å². The number of aliphatic carboxylic acids is 1. The summed E-state index contributed by atoms with van der Waals surface area (Å²) in [6.45, 7) is 2.39. The van der Waals surface area contributed by atoms with Crippen molar-refractivity contribution in [2.24, 2.45) is 35.5 Å². The molecule has 3 aliphatic rings. The highest BCUT2D eigenvalue weighted by Crippen LogP contribution is 2.51. The molecule has 3 rings (SSSR count). The molecule has 0 aromatic rings. The maximum absolute atomic E-state index is 10.5. The second-order valence-electron chi connectivity index (χ2n) is 9.87. The van der Waals surface area contributed by atoms with E-state index in [1.165, 1.54) is 70.6 Å². The molecule has 6 atom stereocenters. The zero-order chi connectivity index (χ0) is 18.4. The first kappa shape index (κ1) is 20.2. The first-order valence-electron chi connectivity index (χ1n) is 11.9. The predicted molar refractivity (Wildman–Crippen MR) is 108 cm³/mol. The molecule has 2 heteroatoms. The highest BCUT2D eigenvalue weighted by Gasteiger charge is 2.40. The van der Waals surface area contributed by atoms with Gasteiger partial charge in [0.15, 0.2) is 0 Å². The first-order chi connectivity index (χ1) is 12.7. The molecule has 2 nitrogen and oxygen atoms in total. The van der Waals surface area contributed by atoms with Gasteiger partial charge in [-0.25, -0.2) is 0 Å². The van der Waals surface area contributed by atoms with Gasteiger partial charge in [-0.3, -0.25) is 4.79 Å². The van der Waals surface area contributed by atoms with E-state index in [9.17, 15) is 4.79 Å². The molecule has 3 saturated carbocycles. The molecule has 3 aliphatic carbocycles. The predicted octanol–water partition coefficient (Wildman–Crippen LogP) is 7.07. The van der Waals surface area contributed by atoms with E-state index >= 15 is 0 Å². The zero-order valence-corrected chi connectivity index (χ0v) is 17.1. The Morgan fingerprint density at radius 1 is 0.692 bits per heavy atom. The van der Waals surface area contributed by atoms with Crippen molar-refractivity contribution in [2.45, 2.75) is 110 Å². The van der Waals surface area contributed by atoms with Gasteiger partial charge in [-0.1, -0.05) is 45.4 Å². The highest BCUT2D eigenvalue weighted by atomic mass is 16.4. The number of hydrogen-bond acceptors (Lipinski definition) is 1. The lowest BCUT2D eigenvalue weighted by molar-refractivity contribution is -0.137. The van der Waals surface area contributed by atoms with E-state index in [-0.39, 0.29) is 0 Å². The Balaban J connectivity index is 1.23. The van der Waals surface area contributed by atoms with Gasteiger partial charge in [0, 0.05) is 6.42 Å². The summed E-state index contributed by atoms with van der Waals surface area (Å²) in [4.78, 5) is 10.5. The van der Waals surface area contributed by atoms with Crippen LogP contribution in [0, 0.1) is 35.5 Å². The topological polar surface area (TPSA) is 37.3 Å². The van der Waals surface area contributed by atoms with Crippen molar-refractivity contribution >= 4 is 5.97 Å². The molecule has 1 N–H and O–H groups in total. The van der Waals surface area contributed by atoms with Crippen LogP contribution in [0.4, 0.5) is 0 Å². The van der Waals surface area contributed by atoms with Crippen molar-refractivity contribution < 1.29 is 9.90 Å². The molecule has 0 amide bonds. The molecule has 26 heavy (non-hydrogen) atoms. The standard InChI is InChI=1S/C24H42O2/c1-2-18-10-12-20(18)16-22-14-15-23(22)17-21-13-11-19(21)8-6-4-3-5-7-9-24(25)26/h18-23H,2-17H2,1H3,(H,25,26)/t18-,19?,20?,21-,22+,23?/m1/s1. The Hall–Kier alpha value is -0.530. The van der Waals surface area contributed by atoms with Crippen LogP contribution < -0.4 is 0 Å². The third-order valence-corrected chi connectivity index (χ3v) is 8.43. The van der Waals surface area contributed by atoms with Gasteiger partial charge in [0.1, 0.15) is 0 Å². The van der Waals surface area contributed by atoms with Crippen LogP contribution in [0.5, 0.6) is 0 Å². The van der Waals surface area contributed by atoms with Crippen molar-refractivity contribution in [3.63, 3.8) is 0 Å². The van der Waals surface area contributed by atoms with Gasteiger partial charge in [0.25, 0.3) is 0 Å². The second kappa shape index (κ2) is 10.1. The Morgan fingerprint density at radius 3 is 1.65 bits per heavy atom. The lowest BCUT2D eigenvalue weighted by Gasteiger charge is -2.48. The fourth-order valence-electron chi connectivity index (χ4n) is 6.06. The number of rotatable bonds is 13. The number of carboxylic acid groups (broad SMARTS) is 1. The van der Waals surface area contributed by atoms with Gasteiger partial charge >= 0.3 is 5.97 Å². The van der Waals surface area contributed by atoms with Crippen molar-refractivity contribution in [3.8, 4) is 0 Å². The molecule has 0 radical (unpaired) electrons. The largest absolute Gasteiger partial charge is 0.481 e. The fourth-order valence-corrected chi connectivity index (χ4v) is 6.06. The van der Waals surface area contributed by atoms with Crippen LogP contribution >= 0.6 is 0 Å². The second-order valence-corrected chi connectivity index (χ2v) is 9.87. The number of carbonyl (C=O) groups is 1. The van der Waals surface area contributed by atoms with E-state index in [1.54, 1.807) is 12.8 Å². The molecule has 0 saturated heterocycles. The summed E-state index contributed by atoms with van der Waals surface area (Å²) in [5.41, 5.74) is 0. The Labute approximate surface area is 161 Å². The van der Waals surface area contributed by atoms with Crippen LogP contribution in [0.3, 0.4) is 0 Å². The number of carboxylic acids is 1. The maximum atomic E-state index is 10.5. The Kier molecular flexibility index (Phi) is 7.88. The lowest BCUT2D eigenvalue weighted by atomic mass is 9.58. The molecule has 3 unspecified atom stereocenters. The average molecular weight is 363 g/mol. The quantitative estimate of drug-likeness (QED) is 0.356. The Morgan fingerprint density at radius 2 is 1.15 bits per heavy atom. The van der Waals surface area contributed by atoms with Crippen LogP contribution in [0.1, 0.15) is 110 Å². The molecule has 0 aromatic carbocycles. The molecule has 0 heterocycles. The maximum Gasteiger partial charge on any atom is 0.303 e. The van der Waals surface area contributed by atoms with Crippen LogP contribution in [-0.4, -0.2) is 11.1 Å². The molecule has 0 aliphatic heterocycles. The molecule has 150 valence electrons. The van der Waals surface area contributed by atoms with Gasteiger partial charge in [0.2, 0.25) is 0 Å². The molecule has 0 spiro atoms. The normalized spacial score (nSPS) is 36.0. The summed E-state index contributed by atoms with van der Waals surface area (Å²) >= 11 is 0. The van der Waals surface area contributed by atoms with Gasteiger partial charge < -0.3 is 5.11 Å². The third kappa shape index (κ3) is 5.49. The van der Waals surface area contributed by atoms with Crippen LogP contribution in [0.25, 0.3) is 0 Å². The van der Waals surface area contributed by atoms with Crippen molar-refractivity contribution in [1.29, 1.82) is 0 Å². The van der Waals surface area contributed by atoms with Crippen LogP contribution in [0.2, 0.25) is 0 Å². The molecule has 0 bridgehead atoms. The van der Waals surface area contributed by atoms with Crippen molar-refractivity contribution in [3.05, 3.63) is 0 Å².